The van der Waals surface area contributed by atoms with Crippen LogP contribution < -0.4 is 0 Å². The number of aromatic nitrogens is 2. The topological polar surface area (TPSA) is 40.9 Å². The molecule has 4 rings (SSSR count). The molecule has 1 fully saturated rings. The van der Waals surface area contributed by atoms with Crippen molar-refractivity contribution < 1.29 is 4.79 Å². The number of hydrogen-bond acceptors (Lipinski definition) is 3. The zero-order valence-electron chi connectivity index (χ0n) is 16.4. The van der Waals surface area contributed by atoms with Gasteiger partial charge in [-0.3, -0.25) is 9.69 Å². The van der Waals surface area contributed by atoms with Crippen molar-refractivity contribution in [2.75, 3.05) is 26.2 Å². The van der Waals surface area contributed by atoms with Crippen molar-refractivity contribution in [1.29, 1.82) is 0 Å². The predicted molar refractivity (Wildman–Crippen MR) is 112 cm³/mol. The highest BCUT2D eigenvalue weighted by Gasteiger charge is 2.23. The quantitative estimate of drug-likeness (QED) is 0.677. The first kappa shape index (κ1) is 19.0. The maximum atomic E-state index is 12.6. The lowest BCUT2D eigenvalue weighted by Crippen LogP contribution is -2.48. The van der Waals surface area contributed by atoms with Crippen LogP contribution in [0.3, 0.4) is 0 Å². The zero-order valence-corrected chi connectivity index (χ0v) is 17.1. The summed E-state index contributed by atoms with van der Waals surface area (Å²) >= 11 is 6.19. The van der Waals surface area contributed by atoms with Crippen LogP contribution in [0.4, 0.5) is 0 Å². The number of amides is 1. The van der Waals surface area contributed by atoms with E-state index in [9.17, 15) is 4.79 Å². The number of piperazine rings is 1. The number of benzene rings is 1. The van der Waals surface area contributed by atoms with E-state index < -0.39 is 0 Å². The van der Waals surface area contributed by atoms with Gasteiger partial charge in [-0.05, 0) is 43.2 Å². The smallest absolute Gasteiger partial charge is 0.227 e. The number of imidazole rings is 1. The molecule has 0 unspecified atom stereocenters. The Kier molecular flexibility index (Phi) is 5.38. The average Bonchev–Trinajstić information content (AvgIpc) is 2.98. The summed E-state index contributed by atoms with van der Waals surface area (Å²) in [5.41, 5.74) is 5.41. The normalized spacial score (nSPS) is 15.3. The van der Waals surface area contributed by atoms with E-state index in [4.69, 9.17) is 16.6 Å². The van der Waals surface area contributed by atoms with E-state index in [2.05, 4.69) is 41.5 Å². The highest BCUT2D eigenvalue weighted by atomic mass is 35.5. The van der Waals surface area contributed by atoms with E-state index in [0.29, 0.717) is 11.4 Å². The third kappa shape index (κ3) is 3.91. The Hall–Kier alpha value is -2.37. The molecule has 1 amide bonds. The van der Waals surface area contributed by atoms with Crippen LogP contribution in [-0.4, -0.2) is 51.3 Å². The molecule has 28 heavy (non-hydrogen) atoms. The fourth-order valence-electron chi connectivity index (χ4n) is 3.79. The summed E-state index contributed by atoms with van der Waals surface area (Å²) in [6.07, 6.45) is 2.47. The second-order valence-electron chi connectivity index (χ2n) is 7.50. The van der Waals surface area contributed by atoms with Gasteiger partial charge in [0, 0.05) is 43.9 Å². The number of fused-ring (bicyclic) bond motifs is 1. The van der Waals surface area contributed by atoms with Crippen LogP contribution in [-0.2, 0) is 17.8 Å². The molecule has 1 saturated heterocycles. The zero-order chi connectivity index (χ0) is 19.7. The van der Waals surface area contributed by atoms with Crippen molar-refractivity contribution >= 4 is 23.2 Å². The summed E-state index contributed by atoms with van der Waals surface area (Å²) in [6.45, 7) is 8.24. The second kappa shape index (κ2) is 7.94. The molecule has 0 saturated carbocycles. The van der Waals surface area contributed by atoms with Gasteiger partial charge in [0.05, 0.1) is 17.8 Å². The number of aryl methyl sites for hydroxylation is 2. The SMILES string of the molecule is Cc1ccn2c(CN3CCN(C(=O)Cc4ccccc4Cl)CC3)c(C)nc2c1. The molecular weight excluding hydrogens is 372 g/mol. The minimum atomic E-state index is 0.147. The summed E-state index contributed by atoms with van der Waals surface area (Å²) in [7, 11) is 0. The third-order valence-electron chi connectivity index (χ3n) is 5.48. The lowest BCUT2D eigenvalue weighted by molar-refractivity contribution is -0.132. The first-order valence-corrected chi connectivity index (χ1v) is 10.1. The van der Waals surface area contributed by atoms with Crippen LogP contribution in [0.15, 0.2) is 42.6 Å². The third-order valence-corrected chi connectivity index (χ3v) is 5.85. The molecule has 0 aliphatic carbocycles. The van der Waals surface area contributed by atoms with E-state index in [0.717, 1.165) is 49.6 Å². The van der Waals surface area contributed by atoms with E-state index in [1.54, 1.807) is 0 Å². The van der Waals surface area contributed by atoms with Gasteiger partial charge >= 0.3 is 0 Å². The molecule has 3 aromatic rings. The van der Waals surface area contributed by atoms with Crippen molar-refractivity contribution in [2.45, 2.75) is 26.8 Å². The lowest BCUT2D eigenvalue weighted by Gasteiger charge is -2.34. The monoisotopic (exact) mass is 396 g/mol. The molecule has 6 heteroatoms. The minimum Gasteiger partial charge on any atom is -0.340 e. The van der Waals surface area contributed by atoms with E-state index in [-0.39, 0.29) is 5.91 Å². The van der Waals surface area contributed by atoms with Crippen molar-refractivity contribution in [3.05, 3.63) is 70.1 Å². The molecule has 0 N–H and O–H groups in total. The fourth-order valence-corrected chi connectivity index (χ4v) is 3.99. The molecule has 0 atom stereocenters. The maximum absolute atomic E-state index is 12.6. The van der Waals surface area contributed by atoms with Crippen molar-refractivity contribution in [1.82, 2.24) is 19.2 Å². The summed E-state index contributed by atoms with van der Waals surface area (Å²) < 4.78 is 2.18. The molecule has 1 aliphatic rings. The summed E-state index contributed by atoms with van der Waals surface area (Å²) in [4.78, 5) is 21.7. The molecule has 0 radical (unpaired) electrons. The molecule has 5 nitrogen and oxygen atoms in total. The minimum absolute atomic E-state index is 0.147. The predicted octanol–water partition coefficient (Wildman–Crippen LogP) is 3.49. The maximum Gasteiger partial charge on any atom is 0.227 e. The average molecular weight is 397 g/mol. The van der Waals surface area contributed by atoms with Gasteiger partial charge < -0.3 is 9.30 Å². The van der Waals surface area contributed by atoms with Crippen LogP contribution in [0.25, 0.3) is 5.65 Å². The van der Waals surface area contributed by atoms with Gasteiger partial charge in [0.2, 0.25) is 5.91 Å². The number of pyridine rings is 1. The van der Waals surface area contributed by atoms with Gasteiger partial charge in [0.15, 0.2) is 0 Å². The van der Waals surface area contributed by atoms with E-state index >= 15 is 0 Å². The molecular formula is C22H25ClN4O. The Morgan fingerprint density at radius 3 is 2.61 bits per heavy atom. The van der Waals surface area contributed by atoms with Gasteiger partial charge in [-0.15, -0.1) is 0 Å². The molecule has 146 valence electrons. The standard InChI is InChI=1S/C22H25ClN4O/c1-16-7-8-27-20(17(2)24-21(27)13-16)15-25-9-11-26(12-10-25)22(28)14-18-5-3-4-6-19(18)23/h3-8,13H,9-12,14-15H2,1-2H3. The summed E-state index contributed by atoms with van der Waals surface area (Å²) in [5.74, 6) is 0.147. The van der Waals surface area contributed by atoms with Crippen LogP contribution in [0, 0.1) is 13.8 Å². The Balaban J connectivity index is 1.38. The fraction of sp³-hybridized carbons (Fsp3) is 0.364. The van der Waals surface area contributed by atoms with Crippen LogP contribution in [0.1, 0.15) is 22.5 Å². The van der Waals surface area contributed by atoms with E-state index in [1.165, 1.54) is 11.3 Å². The number of rotatable bonds is 4. The lowest BCUT2D eigenvalue weighted by atomic mass is 10.1. The van der Waals surface area contributed by atoms with Gasteiger partial charge in [-0.2, -0.15) is 0 Å². The highest BCUT2D eigenvalue weighted by molar-refractivity contribution is 6.31. The molecule has 0 spiro atoms. The number of carbonyl (C=O) groups excluding carboxylic acids is 1. The molecule has 0 bridgehead atoms. The summed E-state index contributed by atoms with van der Waals surface area (Å²) in [6, 6.07) is 11.8. The second-order valence-corrected chi connectivity index (χ2v) is 7.91. The molecule has 3 heterocycles. The molecule has 1 aliphatic heterocycles. The van der Waals surface area contributed by atoms with Crippen LogP contribution in [0.5, 0.6) is 0 Å². The van der Waals surface area contributed by atoms with Gasteiger partial charge in [0.1, 0.15) is 5.65 Å². The first-order valence-electron chi connectivity index (χ1n) is 9.69. The largest absolute Gasteiger partial charge is 0.340 e. The Morgan fingerprint density at radius 2 is 1.86 bits per heavy atom. The molecule has 2 aromatic heterocycles. The Morgan fingerprint density at radius 1 is 1.11 bits per heavy atom. The number of halogens is 1. The summed E-state index contributed by atoms with van der Waals surface area (Å²) in [5, 5.41) is 0.660. The van der Waals surface area contributed by atoms with Crippen LogP contribution in [0.2, 0.25) is 5.02 Å². The Labute approximate surface area is 170 Å². The molecule has 1 aromatic carbocycles. The van der Waals surface area contributed by atoms with Crippen molar-refractivity contribution in [3.8, 4) is 0 Å². The van der Waals surface area contributed by atoms with Crippen molar-refractivity contribution in [3.63, 3.8) is 0 Å². The van der Waals surface area contributed by atoms with Crippen LogP contribution >= 0.6 is 11.6 Å². The number of carbonyl (C=O) groups is 1. The van der Waals surface area contributed by atoms with E-state index in [1.807, 2.05) is 29.2 Å². The van der Waals surface area contributed by atoms with Gasteiger partial charge in [0.25, 0.3) is 0 Å². The number of hydrogen-bond donors (Lipinski definition) is 0. The van der Waals surface area contributed by atoms with Gasteiger partial charge in [-0.25, -0.2) is 4.98 Å². The highest BCUT2D eigenvalue weighted by Crippen LogP contribution is 2.19. The number of nitrogens with zero attached hydrogens (tertiary/aromatic N) is 4. The Bertz CT molecular complexity index is 1000. The van der Waals surface area contributed by atoms with Crippen molar-refractivity contribution in [2.24, 2.45) is 0 Å². The first-order chi connectivity index (χ1) is 13.5. The van der Waals surface area contributed by atoms with Gasteiger partial charge in [-0.1, -0.05) is 29.8 Å².